The highest BCUT2D eigenvalue weighted by molar-refractivity contribution is 6.04. The highest BCUT2D eigenvalue weighted by Gasteiger charge is 2.34. The lowest BCUT2D eigenvalue weighted by Crippen LogP contribution is -2.23. The van der Waals surface area contributed by atoms with E-state index in [2.05, 4.69) is 50.7 Å². The second-order valence-corrected chi connectivity index (χ2v) is 14.1. The molecule has 2 amide bonds. The number of aromatic nitrogens is 10. The number of fused-ring (bicyclic) bond motifs is 2. The Hall–Kier alpha value is -7.20. The molecule has 0 saturated carbocycles. The van der Waals surface area contributed by atoms with Crippen LogP contribution in [-0.4, -0.2) is 110 Å². The largest absolute Gasteiger partial charge is 0.487 e. The fourth-order valence-electron chi connectivity index (χ4n) is 6.84. The topological polar surface area (TPSA) is 223 Å². The first-order chi connectivity index (χ1) is 29.2. The van der Waals surface area contributed by atoms with Crippen molar-refractivity contribution in [3.05, 3.63) is 107 Å². The van der Waals surface area contributed by atoms with Crippen molar-refractivity contribution in [3.63, 3.8) is 0 Å². The Morgan fingerprint density at radius 3 is 2.51 bits per heavy atom. The van der Waals surface area contributed by atoms with E-state index >= 15 is 0 Å². The molecule has 18 nitrogen and oxygen atoms in total. The lowest BCUT2D eigenvalue weighted by molar-refractivity contribution is -0.137. The summed E-state index contributed by atoms with van der Waals surface area (Å²) in [6, 6.07) is 10.7. The van der Waals surface area contributed by atoms with Crippen LogP contribution in [0, 0.1) is 13.8 Å². The highest BCUT2D eigenvalue weighted by atomic mass is 19.4. The minimum atomic E-state index is -4.75. The summed E-state index contributed by atoms with van der Waals surface area (Å²) in [7, 11) is 0. The van der Waals surface area contributed by atoms with Crippen LogP contribution in [0.4, 0.5) is 35.0 Å². The number of benzene rings is 1. The number of nitrogens with one attached hydrogen (secondary N) is 2. The molecule has 0 spiro atoms. The maximum absolute atomic E-state index is 14.4. The summed E-state index contributed by atoms with van der Waals surface area (Å²) in [5, 5.41) is 33.8. The number of halogens is 4. The molecule has 4 N–H and O–H groups in total. The predicted octanol–water partition coefficient (Wildman–Crippen LogP) is 4.03. The van der Waals surface area contributed by atoms with Gasteiger partial charge in [-0.2, -0.15) is 18.3 Å². The van der Waals surface area contributed by atoms with Gasteiger partial charge in [-0.05, 0) is 38.5 Å². The number of alkyl halides is 4. The number of ether oxygens (including phenoxy) is 1. The van der Waals surface area contributed by atoms with E-state index in [4.69, 9.17) is 4.74 Å². The maximum atomic E-state index is 14.4. The zero-order valence-electron chi connectivity index (χ0n) is 32.3. The number of aryl methyl sites for hydroxylation is 2. The summed E-state index contributed by atoms with van der Waals surface area (Å²) >= 11 is 0. The van der Waals surface area contributed by atoms with E-state index in [9.17, 15) is 37.4 Å². The van der Waals surface area contributed by atoms with Crippen LogP contribution in [0.25, 0.3) is 22.6 Å². The number of imidazole rings is 2. The Bertz CT molecular complexity index is 2780. The summed E-state index contributed by atoms with van der Waals surface area (Å²) < 4.78 is 64.9. The third-order valence-electron chi connectivity index (χ3n) is 9.62. The minimum Gasteiger partial charge on any atom is -0.487 e. The normalized spacial score (nSPS) is 14.8. The summed E-state index contributed by atoms with van der Waals surface area (Å²) in [6.07, 6.45) is -2.71. The Morgan fingerprint density at radius 2 is 1.77 bits per heavy atom. The molecule has 7 heterocycles. The van der Waals surface area contributed by atoms with Gasteiger partial charge < -0.3 is 30.5 Å². The van der Waals surface area contributed by atoms with Crippen molar-refractivity contribution in [2.45, 2.75) is 45.1 Å². The van der Waals surface area contributed by atoms with Crippen LogP contribution in [0.5, 0.6) is 5.75 Å². The smallest absolute Gasteiger partial charge is 0.417 e. The molecule has 8 rings (SSSR count). The van der Waals surface area contributed by atoms with Gasteiger partial charge in [0.1, 0.15) is 48.5 Å². The highest BCUT2D eigenvalue weighted by Crippen LogP contribution is 2.38. The molecular weight excluding hydrogens is 807 g/mol. The molecule has 0 radical (unpaired) electrons. The van der Waals surface area contributed by atoms with Gasteiger partial charge in [-0.25, -0.2) is 43.3 Å². The Kier molecular flexibility index (Phi) is 10.9. The third kappa shape index (κ3) is 8.47. The van der Waals surface area contributed by atoms with Crippen LogP contribution >= 0.6 is 0 Å². The number of rotatable bonds is 12. The molecule has 2 atom stereocenters. The molecule has 6 aromatic heterocycles. The van der Waals surface area contributed by atoms with E-state index in [1.54, 1.807) is 17.9 Å². The lowest BCUT2D eigenvalue weighted by Gasteiger charge is -2.18. The van der Waals surface area contributed by atoms with Crippen molar-refractivity contribution in [3.8, 4) is 17.0 Å². The van der Waals surface area contributed by atoms with Gasteiger partial charge in [0.2, 0.25) is 0 Å². The van der Waals surface area contributed by atoms with Crippen molar-refractivity contribution in [2.75, 3.05) is 41.8 Å². The molecule has 314 valence electrons. The van der Waals surface area contributed by atoms with Crippen molar-refractivity contribution in [1.82, 2.24) is 49.1 Å². The van der Waals surface area contributed by atoms with Crippen LogP contribution < -0.4 is 20.3 Å². The van der Waals surface area contributed by atoms with E-state index in [0.717, 1.165) is 10.6 Å². The molecule has 0 aliphatic carbocycles. The molecule has 61 heavy (non-hydrogen) atoms. The Balaban J connectivity index is 1.14. The molecular formula is C39H35F4N13O5. The van der Waals surface area contributed by atoms with E-state index in [1.165, 1.54) is 66.6 Å². The third-order valence-corrected chi connectivity index (χ3v) is 9.62. The van der Waals surface area contributed by atoms with Gasteiger partial charge in [0, 0.05) is 48.1 Å². The molecule has 1 saturated heterocycles. The second kappa shape index (κ2) is 16.5. The first-order valence-electron chi connectivity index (χ1n) is 18.7. The SMILES string of the molecule is Cc1cc(NC(=O)c2c(C)nc3c(OC[C@H](O)CO)cc(-c4ccccc4C(F)(F)F)nn23)nc(Cc2cc(N3CC[C@H](F)C3)nn3c(C(=O)Nc4ccncn4)cnc23)n1. The maximum Gasteiger partial charge on any atom is 0.417 e. The standard InChI is InChI=1S/C39H35F4N13O5/c1-20-11-31(51-38(60)34-21(2)48-36-29(61-18-24(58)17-57)14-27(52-56(34)36)25-5-3-4-6-26(25)39(41,42)43)49-32(47-20)12-22-13-33(54-10-8-23(40)16-54)53-55-28(15-45-35(22)55)37(59)50-30-7-9-44-19-46-30/h3-7,9,11,13-15,19,23-24,57-58H,8,10,12,16-18H2,1-2H3,(H,44,46,50,59)(H,47,49,51,60)/t23-,24+/m0/s1. The monoisotopic (exact) mass is 841 g/mol. The zero-order chi connectivity index (χ0) is 43.0. The van der Waals surface area contributed by atoms with Crippen LogP contribution in [0.15, 0.2) is 67.3 Å². The van der Waals surface area contributed by atoms with Crippen LogP contribution in [0.1, 0.15) is 55.7 Å². The quantitative estimate of drug-likeness (QED) is 0.128. The van der Waals surface area contributed by atoms with Crippen LogP contribution in [0.3, 0.4) is 0 Å². The average Bonchev–Trinajstić information content (AvgIpc) is 3.96. The fourth-order valence-corrected chi connectivity index (χ4v) is 6.84. The van der Waals surface area contributed by atoms with E-state index in [0.29, 0.717) is 35.7 Å². The van der Waals surface area contributed by atoms with Gasteiger partial charge in [-0.15, -0.1) is 5.10 Å². The molecule has 0 unspecified atom stereocenters. The van der Waals surface area contributed by atoms with Gasteiger partial charge in [-0.1, -0.05) is 18.2 Å². The molecule has 22 heteroatoms. The second-order valence-electron chi connectivity index (χ2n) is 14.1. The Labute approximate surface area is 342 Å². The number of hydrogen-bond donors (Lipinski definition) is 4. The van der Waals surface area contributed by atoms with E-state index in [-0.39, 0.29) is 70.2 Å². The average molecular weight is 842 g/mol. The number of anilines is 3. The van der Waals surface area contributed by atoms with Gasteiger partial charge >= 0.3 is 6.18 Å². The number of amides is 2. The van der Waals surface area contributed by atoms with Gasteiger partial charge in [0.25, 0.3) is 11.8 Å². The zero-order valence-corrected chi connectivity index (χ0v) is 32.3. The number of carbonyl (C=O) groups excluding carboxylic acids is 2. The van der Waals surface area contributed by atoms with Crippen molar-refractivity contribution in [2.24, 2.45) is 0 Å². The number of nitrogens with zero attached hydrogens (tertiary/aromatic N) is 11. The molecule has 1 aliphatic rings. The minimum absolute atomic E-state index is 0.0268. The van der Waals surface area contributed by atoms with Gasteiger partial charge in [0.05, 0.1) is 36.3 Å². The molecule has 7 aromatic rings. The molecule has 1 fully saturated rings. The van der Waals surface area contributed by atoms with Crippen LogP contribution in [0.2, 0.25) is 0 Å². The summed E-state index contributed by atoms with van der Waals surface area (Å²) in [4.78, 5) is 55.2. The first kappa shape index (κ1) is 40.6. The Morgan fingerprint density at radius 1 is 0.967 bits per heavy atom. The van der Waals surface area contributed by atoms with Crippen molar-refractivity contribution in [1.29, 1.82) is 0 Å². The number of aliphatic hydroxyl groups excluding tert-OH is 2. The number of hydrogen-bond acceptors (Lipinski definition) is 14. The number of aliphatic hydroxyl groups is 2. The van der Waals surface area contributed by atoms with Crippen molar-refractivity contribution < 1.29 is 42.1 Å². The lowest BCUT2D eigenvalue weighted by atomic mass is 10.0. The van der Waals surface area contributed by atoms with Gasteiger partial charge in [0.15, 0.2) is 28.4 Å². The predicted molar refractivity (Wildman–Crippen MR) is 209 cm³/mol. The summed E-state index contributed by atoms with van der Waals surface area (Å²) in [5.41, 5.74) is -0.224. The molecule has 1 aromatic carbocycles. The van der Waals surface area contributed by atoms with Crippen molar-refractivity contribution >= 4 is 40.6 Å². The van der Waals surface area contributed by atoms with Crippen LogP contribution in [-0.2, 0) is 12.6 Å². The first-order valence-corrected chi connectivity index (χ1v) is 18.7. The number of carbonyl (C=O) groups is 2. The van der Waals surface area contributed by atoms with E-state index in [1.807, 2.05) is 0 Å². The summed E-state index contributed by atoms with van der Waals surface area (Å²) in [5.74, 6) is -0.515. The molecule has 1 aliphatic heterocycles. The summed E-state index contributed by atoms with van der Waals surface area (Å²) in [6.45, 7) is 2.57. The molecule has 0 bridgehead atoms. The fraction of sp³-hybridized carbons (Fsp3) is 0.282. The van der Waals surface area contributed by atoms with Gasteiger partial charge in [-0.3, -0.25) is 9.59 Å². The van der Waals surface area contributed by atoms with E-state index < -0.39 is 49.0 Å².